The molecule has 1 saturated carbocycles. The summed E-state index contributed by atoms with van der Waals surface area (Å²) in [7, 11) is 1.63. The number of Topliss-reactive ketones (excluding diaryl/α,β-unsaturated/α-hetero) is 1. The third kappa shape index (κ3) is 2.71. The van der Waals surface area contributed by atoms with Gasteiger partial charge in [0.05, 0.1) is 5.92 Å². The van der Waals surface area contributed by atoms with Gasteiger partial charge in [-0.25, -0.2) is 0 Å². The molecule has 1 aromatic carbocycles. The summed E-state index contributed by atoms with van der Waals surface area (Å²) in [6.45, 7) is 0. The minimum Gasteiger partial charge on any atom is -0.481 e. The van der Waals surface area contributed by atoms with Crippen LogP contribution in [0.4, 0.5) is 5.69 Å². The van der Waals surface area contributed by atoms with E-state index in [0.29, 0.717) is 30.5 Å². The highest BCUT2D eigenvalue weighted by Gasteiger charge is 2.37. The molecular weight excluding hydrogens is 258 g/mol. The van der Waals surface area contributed by atoms with Gasteiger partial charge in [0.2, 0.25) is 6.41 Å². The van der Waals surface area contributed by atoms with Crippen molar-refractivity contribution in [1.82, 2.24) is 0 Å². The molecule has 2 rings (SSSR count). The minimum absolute atomic E-state index is 0.116. The fourth-order valence-corrected chi connectivity index (χ4v) is 2.71. The van der Waals surface area contributed by atoms with Crippen LogP contribution in [0.2, 0.25) is 0 Å². The summed E-state index contributed by atoms with van der Waals surface area (Å²) in [5, 5.41) is 9.13. The van der Waals surface area contributed by atoms with E-state index < -0.39 is 17.8 Å². The minimum atomic E-state index is -0.891. The van der Waals surface area contributed by atoms with Crippen molar-refractivity contribution in [1.29, 1.82) is 0 Å². The van der Waals surface area contributed by atoms with Gasteiger partial charge in [-0.1, -0.05) is 6.42 Å². The molecule has 0 spiro atoms. The maximum absolute atomic E-state index is 12.4. The van der Waals surface area contributed by atoms with Gasteiger partial charge in [-0.15, -0.1) is 0 Å². The number of carboxylic acids is 1. The monoisotopic (exact) mass is 275 g/mol. The molecule has 20 heavy (non-hydrogen) atoms. The highest BCUT2D eigenvalue weighted by atomic mass is 16.4. The second-order valence-electron chi connectivity index (χ2n) is 5.11. The predicted molar refractivity (Wildman–Crippen MR) is 73.7 cm³/mol. The number of hydrogen-bond acceptors (Lipinski definition) is 3. The molecular formula is C15H17NO4. The number of anilines is 1. The van der Waals surface area contributed by atoms with E-state index in [2.05, 4.69) is 0 Å². The molecule has 5 heteroatoms. The maximum atomic E-state index is 12.4. The Kier molecular flexibility index (Phi) is 4.17. The molecule has 0 radical (unpaired) electrons. The fraction of sp³-hybridized carbons (Fsp3) is 0.400. The molecule has 0 aromatic heterocycles. The van der Waals surface area contributed by atoms with E-state index >= 15 is 0 Å². The highest BCUT2D eigenvalue weighted by molar-refractivity contribution is 6.00. The first-order valence-electron chi connectivity index (χ1n) is 6.60. The number of amides is 1. The number of carbonyl (C=O) groups excluding carboxylic acids is 2. The van der Waals surface area contributed by atoms with Gasteiger partial charge < -0.3 is 10.0 Å². The molecule has 1 amide bonds. The van der Waals surface area contributed by atoms with Gasteiger partial charge in [-0.05, 0) is 37.1 Å². The lowest BCUT2D eigenvalue weighted by Crippen LogP contribution is -2.25. The van der Waals surface area contributed by atoms with Crippen LogP contribution in [-0.4, -0.2) is 30.3 Å². The molecule has 2 unspecified atom stereocenters. The zero-order chi connectivity index (χ0) is 14.7. The van der Waals surface area contributed by atoms with Crippen molar-refractivity contribution >= 4 is 23.9 Å². The Morgan fingerprint density at radius 3 is 2.35 bits per heavy atom. The van der Waals surface area contributed by atoms with Crippen molar-refractivity contribution in [3.63, 3.8) is 0 Å². The number of carbonyl (C=O) groups is 3. The zero-order valence-electron chi connectivity index (χ0n) is 11.3. The summed E-state index contributed by atoms with van der Waals surface area (Å²) < 4.78 is 0. The van der Waals surface area contributed by atoms with E-state index in [1.807, 2.05) is 0 Å². The number of carboxylic acid groups (broad SMARTS) is 1. The van der Waals surface area contributed by atoms with Crippen LogP contribution in [0.5, 0.6) is 0 Å². The van der Waals surface area contributed by atoms with Gasteiger partial charge in [0.15, 0.2) is 5.78 Å². The summed E-state index contributed by atoms with van der Waals surface area (Å²) in [5.41, 5.74) is 1.20. The summed E-state index contributed by atoms with van der Waals surface area (Å²) >= 11 is 0. The number of benzene rings is 1. The van der Waals surface area contributed by atoms with E-state index in [9.17, 15) is 14.4 Å². The molecule has 1 aliphatic carbocycles. The smallest absolute Gasteiger partial charge is 0.307 e. The van der Waals surface area contributed by atoms with E-state index in [1.54, 1.807) is 31.3 Å². The van der Waals surface area contributed by atoms with Gasteiger partial charge >= 0.3 is 5.97 Å². The van der Waals surface area contributed by atoms with E-state index in [-0.39, 0.29) is 5.78 Å². The fourth-order valence-electron chi connectivity index (χ4n) is 2.71. The quantitative estimate of drug-likeness (QED) is 0.658. The predicted octanol–water partition coefficient (Wildman–Crippen LogP) is 1.96. The molecule has 2 atom stereocenters. The van der Waals surface area contributed by atoms with Gasteiger partial charge in [-0.2, -0.15) is 0 Å². The third-order valence-corrected chi connectivity index (χ3v) is 3.89. The van der Waals surface area contributed by atoms with Crippen LogP contribution in [0.25, 0.3) is 0 Å². The SMILES string of the molecule is CN(C=O)c1ccc(C(=O)C2CCCC2C(=O)O)cc1. The Labute approximate surface area is 117 Å². The van der Waals surface area contributed by atoms with Crippen molar-refractivity contribution in [2.45, 2.75) is 19.3 Å². The standard InChI is InChI=1S/C15H17NO4/c1-16(9-17)11-7-5-10(6-8-11)14(18)12-3-2-4-13(12)15(19)20/h5-9,12-13H,2-4H2,1H3,(H,19,20). The molecule has 0 aliphatic heterocycles. The van der Waals surface area contributed by atoms with Crippen molar-refractivity contribution in [3.8, 4) is 0 Å². The molecule has 1 aliphatic rings. The highest BCUT2D eigenvalue weighted by Crippen LogP contribution is 2.34. The topological polar surface area (TPSA) is 74.7 Å². The molecule has 106 valence electrons. The molecule has 1 aromatic rings. The lowest BCUT2D eigenvalue weighted by atomic mass is 9.88. The van der Waals surface area contributed by atoms with Gasteiger partial charge in [0.1, 0.15) is 0 Å². The lowest BCUT2D eigenvalue weighted by molar-refractivity contribution is -0.142. The number of nitrogens with zero attached hydrogens (tertiary/aromatic N) is 1. The zero-order valence-corrected chi connectivity index (χ0v) is 11.3. The van der Waals surface area contributed by atoms with Crippen LogP contribution in [-0.2, 0) is 9.59 Å². The molecule has 5 nitrogen and oxygen atoms in total. The second kappa shape index (κ2) is 5.86. The van der Waals surface area contributed by atoms with Crippen molar-refractivity contribution in [3.05, 3.63) is 29.8 Å². The number of rotatable bonds is 5. The summed E-state index contributed by atoms with van der Waals surface area (Å²) in [6, 6.07) is 6.67. The Morgan fingerprint density at radius 2 is 1.80 bits per heavy atom. The second-order valence-corrected chi connectivity index (χ2v) is 5.11. The number of aliphatic carboxylic acids is 1. The van der Waals surface area contributed by atoms with E-state index in [0.717, 1.165) is 6.42 Å². The van der Waals surface area contributed by atoms with Crippen LogP contribution in [0.3, 0.4) is 0 Å². The van der Waals surface area contributed by atoms with E-state index in [1.165, 1.54) is 4.90 Å². The average Bonchev–Trinajstić information content (AvgIpc) is 2.95. The Balaban J connectivity index is 2.17. The number of hydrogen-bond donors (Lipinski definition) is 1. The van der Waals surface area contributed by atoms with Crippen LogP contribution in [0.15, 0.2) is 24.3 Å². The normalized spacial score (nSPS) is 21.4. The van der Waals surface area contributed by atoms with Crippen LogP contribution < -0.4 is 4.90 Å². The lowest BCUT2D eigenvalue weighted by Gasteiger charge is -2.15. The average molecular weight is 275 g/mol. The van der Waals surface area contributed by atoms with Crippen LogP contribution >= 0.6 is 0 Å². The molecule has 0 heterocycles. The number of ketones is 1. The molecule has 0 saturated heterocycles. The van der Waals surface area contributed by atoms with Crippen molar-refractivity contribution < 1.29 is 19.5 Å². The third-order valence-electron chi connectivity index (χ3n) is 3.89. The maximum Gasteiger partial charge on any atom is 0.307 e. The first kappa shape index (κ1) is 14.2. The molecule has 1 N–H and O–H groups in total. The largest absolute Gasteiger partial charge is 0.481 e. The summed E-state index contributed by atoms with van der Waals surface area (Å²) in [4.78, 5) is 35.5. The summed E-state index contributed by atoms with van der Waals surface area (Å²) in [6.07, 6.45) is 2.66. The van der Waals surface area contributed by atoms with Crippen molar-refractivity contribution in [2.24, 2.45) is 11.8 Å². The Hall–Kier alpha value is -2.17. The van der Waals surface area contributed by atoms with Gasteiger partial charge in [0, 0.05) is 24.2 Å². The molecule has 0 bridgehead atoms. The van der Waals surface area contributed by atoms with Crippen molar-refractivity contribution in [2.75, 3.05) is 11.9 Å². The molecule has 1 fully saturated rings. The first-order valence-corrected chi connectivity index (χ1v) is 6.60. The van der Waals surface area contributed by atoms with Gasteiger partial charge in [-0.3, -0.25) is 14.4 Å². The van der Waals surface area contributed by atoms with Crippen LogP contribution in [0.1, 0.15) is 29.6 Å². The Morgan fingerprint density at radius 1 is 1.20 bits per heavy atom. The first-order chi connectivity index (χ1) is 9.54. The Bertz CT molecular complexity index is 523. The van der Waals surface area contributed by atoms with Gasteiger partial charge in [0.25, 0.3) is 0 Å². The van der Waals surface area contributed by atoms with Crippen LogP contribution in [0, 0.1) is 11.8 Å². The summed E-state index contributed by atoms with van der Waals surface area (Å²) in [5.74, 6) is -2.00. The van der Waals surface area contributed by atoms with E-state index in [4.69, 9.17) is 5.11 Å².